The molecule has 0 amide bonds. The van der Waals surface area contributed by atoms with Crippen molar-refractivity contribution in [3.8, 4) is 0 Å². The van der Waals surface area contributed by atoms with Crippen LogP contribution in [0.3, 0.4) is 0 Å². The second-order valence-corrected chi connectivity index (χ2v) is 5.41. The van der Waals surface area contributed by atoms with Gasteiger partial charge in [0.1, 0.15) is 4.99 Å². The minimum Gasteiger partial charge on any atom is -0.389 e. The van der Waals surface area contributed by atoms with E-state index in [4.69, 9.17) is 22.7 Å². The van der Waals surface area contributed by atoms with Gasteiger partial charge in [-0.1, -0.05) is 43.6 Å². The summed E-state index contributed by atoms with van der Waals surface area (Å²) in [6.45, 7) is 1.52. The van der Waals surface area contributed by atoms with Crippen LogP contribution in [-0.4, -0.2) is 24.2 Å². The van der Waals surface area contributed by atoms with E-state index in [1.165, 1.54) is 32.1 Å². The molecule has 104 valence electrons. The third kappa shape index (κ3) is 4.48. The first-order chi connectivity index (χ1) is 9.27. The van der Waals surface area contributed by atoms with E-state index in [1.54, 1.807) is 0 Å². The molecule has 1 aliphatic carbocycles. The number of rotatable bonds is 6. The summed E-state index contributed by atoms with van der Waals surface area (Å²) in [5, 5.41) is 3.34. The maximum Gasteiger partial charge on any atom is 0.106 e. The first-order valence-corrected chi connectivity index (χ1v) is 7.42. The summed E-state index contributed by atoms with van der Waals surface area (Å²) in [4.78, 5) is 0.427. The lowest BCUT2D eigenvalue weighted by Gasteiger charge is -2.22. The van der Waals surface area contributed by atoms with Crippen LogP contribution in [0.2, 0.25) is 0 Å². The van der Waals surface area contributed by atoms with Crippen LogP contribution >= 0.6 is 12.2 Å². The van der Waals surface area contributed by atoms with Crippen molar-refractivity contribution < 1.29 is 4.74 Å². The molecule has 1 aliphatic rings. The molecule has 0 spiro atoms. The van der Waals surface area contributed by atoms with Crippen molar-refractivity contribution in [3.63, 3.8) is 0 Å². The normalized spacial score (nSPS) is 16.2. The molecule has 3 N–H and O–H groups in total. The zero-order valence-corrected chi connectivity index (χ0v) is 12.0. The molecule has 0 aliphatic heterocycles. The number of nitrogens with one attached hydrogen (secondary N) is 1. The Kier molecular flexibility index (Phi) is 5.61. The number of benzene rings is 1. The molecule has 3 nitrogen and oxygen atoms in total. The van der Waals surface area contributed by atoms with E-state index in [1.807, 2.05) is 24.3 Å². The Labute approximate surface area is 120 Å². The molecule has 0 saturated heterocycles. The highest BCUT2D eigenvalue weighted by Crippen LogP contribution is 2.20. The summed E-state index contributed by atoms with van der Waals surface area (Å²) in [6, 6.07) is 7.85. The minimum atomic E-state index is 0.427. The Morgan fingerprint density at radius 1 is 1.26 bits per heavy atom. The maximum absolute atomic E-state index is 5.88. The largest absolute Gasteiger partial charge is 0.389 e. The van der Waals surface area contributed by atoms with Crippen LogP contribution < -0.4 is 11.1 Å². The van der Waals surface area contributed by atoms with Crippen molar-refractivity contribution in [2.45, 2.75) is 38.2 Å². The molecule has 19 heavy (non-hydrogen) atoms. The Hall–Kier alpha value is -1.13. The Bertz CT molecular complexity index is 416. The number of thiocarbonyl (C=S) groups is 1. The second kappa shape index (κ2) is 7.46. The third-order valence-corrected chi connectivity index (χ3v) is 3.74. The molecule has 0 bridgehead atoms. The fraction of sp³-hybridized carbons (Fsp3) is 0.533. The van der Waals surface area contributed by atoms with Crippen molar-refractivity contribution in [3.05, 3.63) is 29.8 Å². The van der Waals surface area contributed by atoms with Crippen molar-refractivity contribution in [1.29, 1.82) is 0 Å². The van der Waals surface area contributed by atoms with Gasteiger partial charge in [0, 0.05) is 17.8 Å². The summed E-state index contributed by atoms with van der Waals surface area (Å²) in [5.41, 5.74) is 7.58. The van der Waals surface area contributed by atoms with Crippen LogP contribution in [0.5, 0.6) is 0 Å². The van der Waals surface area contributed by atoms with Gasteiger partial charge in [0.15, 0.2) is 0 Å². The topological polar surface area (TPSA) is 47.3 Å². The fourth-order valence-corrected chi connectivity index (χ4v) is 2.67. The zero-order valence-electron chi connectivity index (χ0n) is 11.2. The van der Waals surface area contributed by atoms with Gasteiger partial charge in [-0.15, -0.1) is 0 Å². The molecule has 0 aromatic heterocycles. The van der Waals surface area contributed by atoms with Gasteiger partial charge in [0.05, 0.1) is 12.7 Å². The highest BCUT2D eigenvalue weighted by Gasteiger charge is 2.13. The van der Waals surface area contributed by atoms with Gasteiger partial charge in [0.2, 0.25) is 0 Å². The third-order valence-electron chi connectivity index (χ3n) is 3.52. The Morgan fingerprint density at radius 2 is 2.00 bits per heavy atom. The zero-order chi connectivity index (χ0) is 13.5. The molecular formula is C15H22N2OS. The average molecular weight is 278 g/mol. The van der Waals surface area contributed by atoms with E-state index in [0.717, 1.165) is 24.4 Å². The molecule has 1 aromatic rings. The summed E-state index contributed by atoms with van der Waals surface area (Å²) in [5.74, 6) is 0. The van der Waals surface area contributed by atoms with E-state index in [9.17, 15) is 0 Å². The van der Waals surface area contributed by atoms with Crippen LogP contribution in [-0.2, 0) is 4.74 Å². The Balaban J connectivity index is 1.74. The lowest BCUT2D eigenvalue weighted by atomic mass is 9.98. The average Bonchev–Trinajstić information content (AvgIpc) is 2.45. The molecule has 1 fully saturated rings. The van der Waals surface area contributed by atoms with E-state index >= 15 is 0 Å². The number of hydrogen-bond donors (Lipinski definition) is 2. The summed E-state index contributed by atoms with van der Waals surface area (Å²) >= 11 is 5.04. The molecule has 1 aromatic carbocycles. The predicted octanol–water partition coefficient (Wildman–Crippen LogP) is 3.08. The minimum absolute atomic E-state index is 0.427. The fourth-order valence-electron chi connectivity index (χ4n) is 2.50. The maximum atomic E-state index is 5.88. The quantitative estimate of drug-likeness (QED) is 0.620. The summed E-state index contributed by atoms with van der Waals surface area (Å²) in [7, 11) is 0. The van der Waals surface area contributed by atoms with Crippen LogP contribution in [0.25, 0.3) is 0 Å². The standard InChI is InChI=1S/C15H22N2OS/c16-15(19)13-8-4-5-9-14(13)17-10-11-18-12-6-2-1-3-7-12/h4-5,8-9,12,17H,1-3,6-7,10-11H2,(H2,16,19). The summed E-state index contributed by atoms with van der Waals surface area (Å²) < 4.78 is 5.88. The second-order valence-electron chi connectivity index (χ2n) is 4.97. The predicted molar refractivity (Wildman–Crippen MR) is 83.6 cm³/mol. The lowest BCUT2D eigenvalue weighted by Crippen LogP contribution is -2.21. The van der Waals surface area contributed by atoms with E-state index in [0.29, 0.717) is 11.1 Å². The van der Waals surface area contributed by atoms with Crippen LogP contribution in [0.15, 0.2) is 24.3 Å². The van der Waals surface area contributed by atoms with Gasteiger partial charge in [0.25, 0.3) is 0 Å². The highest BCUT2D eigenvalue weighted by molar-refractivity contribution is 7.80. The number of ether oxygens (including phenoxy) is 1. The lowest BCUT2D eigenvalue weighted by molar-refractivity contribution is 0.0347. The van der Waals surface area contributed by atoms with Crippen molar-refractivity contribution >= 4 is 22.9 Å². The van der Waals surface area contributed by atoms with Gasteiger partial charge < -0.3 is 15.8 Å². The van der Waals surface area contributed by atoms with Gasteiger partial charge in [-0.05, 0) is 25.0 Å². The van der Waals surface area contributed by atoms with Gasteiger partial charge >= 0.3 is 0 Å². The number of anilines is 1. The van der Waals surface area contributed by atoms with Crippen molar-refractivity contribution in [2.24, 2.45) is 5.73 Å². The van der Waals surface area contributed by atoms with E-state index in [2.05, 4.69) is 5.32 Å². The molecule has 4 heteroatoms. The molecule has 0 unspecified atom stereocenters. The smallest absolute Gasteiger partial charge is 0.106 e. The molecule has 0 atom stereocenters. The molecule has 1 saturated carbocycles. The number of hydrogen-bond acceptors (Lipinski definition) is 3. The molecule has 2 rings (SSSR count). The Morgan fingerprint density at radius 3 is 2.74 bits per heavy atom. The monoisotopic (exact) mass is 278 g/mol. The van der Waals surface area contributed by atoms with E-state index in [-0.39, 0.29) is 0 Å². The van der Waals surface area contributed by atoms with Crippen LogP contribution in [0.1, 0.15) is 37.7 Å². The van der Waals surface area contributed by atoms with Gasteiger partial charge in [-0.3, -0.25) is 0 Å². The molecule has 0 radical (unpaired) electrons. The SMILES string of the molecule is NC(=S)c1ccccc1NCCOC1CCCCC1. The van der Waals surface area contributed by atoms with Crippen LogP contribution in [0.4, 0.5) is 5.69 Å². The van der Waals surface area contributed by atoms with Crippen molar-refractivity contribution in [2.75, 3.05) is 18.5 Å². The van der Waals surface area contributed by atoms with Crippen molar-refractivity contribution in [1.82, 2.24) is 0 Å². The summed E-state index contributed by atoms with van der Waals surface area (Å²) in [6.07, 6.45) is 6.86. The highest BCUT2D eigenvalue weighted by atomic mass is 32.1. The number of nitrogens with two attached hydrogens (primary N) is 1. The number of para-hydroxylation sites is 1. The molecule has 0 heterocycles. The first-order valence-electron chi connectivity index (χ1n) is 7.01. The van der Waals surface area contributed by atoms with Crippen LogP contribution in [0, 0.1) is 0 Å². The first kappa shape index (κ1) is 14.3. The van der Waals surface area contributed by atoms with Gasteiger partial charge in [-0.25, -0.2) is 0 Å². The van der Waals surface area contributed by atoms with Gasteiger partial charge in [-0.2, -0.15) is 0 Å². The molecular weight excluding hydrogens is 256 g/mol. The van der Waals surface area contributed by atoms with E-state index < -0.39 is 0 Å².